The lowest BCUT2D eigenvalue weighted by Gasteiger charge is -2.12. The van der Waals surface area contributed by atoms with Gasteiger partial charge in [0.15, 0.2) is 0 Å². The molecule has 0 aromatic carbocycles. The molecule has 0 unspecified atom stereocenters. The smallest absolute Gasteiger partial charge is 0.241 e. The van der Waals surface area contributed by atoms with E-state index in [1.165, 1.54) is 10.4 Å². The largest absolute Gasteiger partial charge is 0.375 e. The first-order valence-corrected chi connectivity index (χ1v) is 5.39. The number of hydrogen-bond acceptors (Lipinski definition) is 3. The van der Waals surface area contributed by atoms with E-state index in [2.05, 4.69) is 17.6 Å². The molecule has 3 nitrogen and oxygen atoms in total. The summed E-state index contributed by atoms with van der Waals surface area (Å²) < 4.78 is 0. The van der Waals surface area contributed by atoms with E-state index in [9.17, 15) is 4.79 Å². The Hall–Kier alpha value is -1.03. The van der Waals surface area contributed by atoms with Gasteiger partial charge >= 0.3 is 0 Å². The first-order chi connectivity index (χ1) is 6.52. The fourth-order valence-electron chi connectivity index (χ4n) is 1.16. The van der Waals surface area contributed by atoms with Crippen LogP contribution in [-0.4, -0.2) is 31.4 Å². The lowest BCUT2D eigenvalue weighted by atomic mass is 10.3. The third-order valence-corrected chi connectivity index (χ3v) is 3.10. The molecule has 0 fully saturated rings. The van der Waals surface area contributed by atoms with Crippen molar-refractivity contribution in [2.24, 2.45) is 0 Å². The second-order valence-electron chi connectivity index (χ2n) is 3.49. The minimum atomic E-state index is 0.0926. The van der Waals surface area contributed by atoms with Crippen LogP contribution >= 0.6 is 11.3 Å². The highest BCUT2D eigenvalue weighted by atomic mass is 32.1. The van der Waals surface area contributed by atoms with Crippen molar-refractivity contribution < 1.29 is 4.79 Å². The molecule has 0 aliphatic heterocycles. The average Bonchev–Trinajstić information content (AvgIpc) is 2.43. The Bertz CT molecular complexity index is 311. The fraction of sp³-hybridized carbons (Fsp3) is 0.500. The summed E-state index contributed by atoms with van der Waals surface area (Å²) >= 11 is 1.70. The summed E-state index contributed by atoms with van der Waals surface area (Å²) in [5.41, 5.74) is 2.31. The van der Waals surface area contributed by atoms with E-state index in [0.29, 0.717) is 6.54 Å². The number of rotatable bonds is 3. The van der Waals surface area contributed by atoms with E-state index in [1.807, 2.05) is 6.92 Å². The van der Waals surface area contributed by atoms with Crippen LogP contribution in [0, 0.1) is 13.8 Å². The normalized spacial score (nSPS) is 10.0. The molecule has 1 aromatic rings. The lowest BCUT2D eigenvalue weighted by molar-refractivity contribution is -0.126. The summed E-state index contributed by atoms with van der Waals surface area (Å²) in [5.74, 6) is 0.0926. The van der Waals surface area contributed by atoms with Gasteiger partial charge < -0.3 is 10.2 Å². The lowest BCUT2D eigenvalue weighted by Crippen LogP contribution is -2.28. The van der Waals surface area contributed by atoms with E-state index >= 15 is 0 Å². The number of carbonyl (C=O) groups excluding carboxylic acids is 1. The van der Waals surface area contributed by atoms with Crippen molar-refractivity contribution in [3.8, 4) is 0 Å². The number of hydrogen-bond donors (Lipinski definition) is 1. The monoisotopic (exact) mass is 212 g/mol. The summed E-state index contributed by atoms with van der Waals surface area (Å²) in [6.45, 7) is 4.47. The Morgan fingerprint density at radius 1 is 1.50 bits per heavy atom. The first kappa shape index (κ1) is 11.0. The molecule has 1 amide bonds. The number of nitrogens with one attached hydrogen (secondary N) is 1. The van der Waals surface area contributed by atoms with E-state index < -0.39 is 0 Å². The summed E-state index contributed by atoms with van der Waals surface area (Å²) in [4.78, 5) is 14.1. The van der Waals surface area contributed by atoms with Crippen LogP contribution in [0.2, 0.25) is 0 Å². The third kappa shape index (κ3) is 2.48. The van der Waals surface area contributed by atoms with Crippen LogP contribution in [0.3, 0.4) is 0 Å². The molecule has 0 spiro atoms. The van der Waals surface area contributed by atoms with Gasteiger partial charge in [-0.05, 0) is 24.8 Å². The second-order valence-corrected chi connectivity index (χ2v) is 4.58. The molecule has 1 N–H and O–H groups in total. The number of aryl methyl sites for hydroxylation is 2. The predicted molar refractivity (Wildman–Crippen MR) is 61.0 cm³/mol. The van der Waals surface area contributed by atoms with Gasteiger partial charge in [0.05, 0.1) is 12.2 Å². The number of likely N-dealkylation sites (N-methyl/N-ethyl adjacent to an activating group) is 1. The maximum Gasteiger partial charge on any atom is 0.241 e. The Morgan fingerprint density at radius 2 is 2.14 bits per heavy atom. The van der Waals surface area contributed by atoms with Crippen molar-refractivity contribution in [2.75, 3.05) is 26.0 Å². The van der Waals surface area contributed by atoms with Crippen molar-refractivity contribution in [3.63, 3.8) is 0 Å². The van der Waals surface area contributed by atoms with Crippen LogP contribution in [0.15, 0.2) is 5.38 Å². The number of nitrogens with zero attached hydrogens (tertiary/aromatic N) is 1. The minimum Gasteiger partial charge on any atom is -0.375 e. The minimum absolute atomic E-state index is 0.0926. The number of thiophene rings is 1. The van der Waals surface area contributed by atoms with Crippen LogP contribution in [0.5, 0.6) is 0 Å². The van der Waals surface area contributed by atoms with Gasteiger partial charge in [-0.25, -0.2) is 0 Å². The van der Waals surface area contributed by atoms with Crippen molar-refractivity contribution in [2.45, 2.75) is 13.8 Å². The quantitative estimate of drug-likeness (QED) is 0.829. The topological polar surface area (TPSA) is 32.3 Å². The van der Waals surface area contributed by atoms with Crippen LogP contribution in [0.1, 0.15) is 10.4 Å². The van der Waals surface area contributed by atoms with E-state index in [-0.39, 0.29) is 5.91 Å². The average molecular weight is 212 g/mol. The van der Waals surface area contributed by atoms with Crippen LogP contribution in [-0.2, 0) is 4.79 Å². The highest BCUT2D eigenvalue weighted by molar-refractivity contribution is 7.10. The zero-order valence-corrected chi connectivity index (χ0v) is 9.86. The zero-order chi connectivity index (χ0) is 10.7. The molecule has 0 aliphatic carbocycles. The van der Waals surface area contributed by atoms with E-state index in [0.717, 1.165) is 5.69 Å². The van der Waals surface area contributed by atoms with Gasteiger partial charge in [-0.15, -0.1) is 11.3 Å². The number of anilines is 1. The number of carbonyl (C=O) groups is 1. The SMILES string of the molecule is Cc1csc(C)c1NCC(=O)N(C)C. The molecule has 1 heterocycles. The van der Waals surface area contributed by atoms with Crippen LogP contribution in [0.25, 0.3) is 0 Å². The summed E-state index contributed by atoms with van der Waals surface area (Å²) in [7, 11) is 3.52. The Morgan fingerprint density at radius 3 is 2.57 bits per heavy atom. The molecular weight excluding hydrogens is 196 g/mol. The molecule has 1 rings (SSSR count). The first-order valence-electron chi connectivity index (χ1n) is 4.51. The maximum absolute atomic E-state index is 11.3. The molecule has 0 radical (unpaired) electrons. The highest BCUT2D eigenvalue weighted by Crippen LogP contribution is 2.25. The predicted octanol–water partition coefficient (Wildman–Crippen LogP) is 1.87. The van der Waals surface area contributed by atoms with Gasteiger partial charge in [-0.1, -0.05) is 0 Å². The Balaban J connectivity index is 2.58. The molecule has 4 heteroatoms. The van der Waals surface area contributed by atoms with Gasteiger partial charge in [0, 0.05) is 19.0 Å². The molecule has 0 aliphatic rings. The summed E-state index contributed by atoms with van der Waals surface area (Å²) in [6, 6.07) is 0. The third-order valence-electron chi connectivity index (χ3n) is 2.07. The molecule has 0 saturated carbocycles. The molecule has 78 valence electrons. The fourth-order valence-corrected chi connectivity index (χ4v) is 1.98. The number of amides is 1. The molecular formula is C10H16N2OS. The molecule has 0 atom stereocenters. The van der Waals surface area contributed by atoms with Crippen molar-refractivity contribution in [1.82, 2.24) is 4.90 Å². The van der Waals surface area contributed by atoms with Crippen molar-refractivity contribution >= 4 is 22.9 Å². The standard InChI is InChI=1S/C10H16N2OS/c1-7-6-14-8(2)10(7)11-5-9(13)12(3)4/h6,11H,5H2,1-4H3. The Kier molecular flexibility index (Phi) is 3.52. The van der Waals surface area contributed by atoms with Gasteiger partial charge in [0.25, 0.3) is 0 Å². The van der Waals surface area contributed by atoms with Gasteiger partial charge in [0.1, 0.15) is 0 Å². The van der Waals surface area contributed by atoms with Crippen molar-refractivity contribution in [1.29, 1.82) is 0 Å². The maximum atomic E-state index is 11.3. The van der Waals surface area contributed by atoms with Crippen molar-refractivity contribution in [3.05, 3.63) is 15.8 Å². The van der Waals surface area contributed by atoms with Gasteiger partial charge in [-0.2, -0.15) is 0 Å². The molecule has 14 heavy (non-hydrogen) atoms. The van der Waals surface area contributed by atoms with E-state index in [4.69, 9.17) is 0 Å². The summed E-state index contributed by atoms with van der Waals surface area (Å²) in [6.07, 6.45) is 0. The van der Waals surface area contributed by atoms with Crippen LogP contribution < -0.4 is 5.32 Å². The van der Waals surface area contributed by atoms with E-state index in [1.54, 1.807) is 30.3 Å². The molecule has 0 saturated heterocycles. The van der Waals surface area contributed by atoms with Gasteiger partial charge in [-0.3, -0.25) is 4.79 Å². The highest BCUT2D eigenvalue weighted by Gasteiger charge is 2.07. The second kappa shape index (κ2) is 4.46. The Labute approximate surface area is 88.7 Å². The van der Waals surface area contributed by atoms with Crippen LogP contribution in [0.4, 0.5) is 5.69 Å². The molecule has 1 aromatic heterocycles. The van der Waals surface area contributed by atoms with Gasteiger partial charge in [0.2, 0.25) is 5.91 Å². The summed E-state index contributed by atoms with van der Waals surface area (Å²) in [5, 5.41) is 5.26. The zero-order valence-electron chi connectivity index (χ0n) is 9.05. The molecule has 0 bridgehead atoms.